The SMILES string of the molecule is COC(=O)N(C)Cc1csc(C)n1. The molecule has 0 N–H and O–H groups in total. The fraction of sp³-hybridized carbons (Fsp3) is 0.500. The van der Waals surface area contributed by atoms with Gasteiger partial charge in [0.05, 0.1) is 24.4 Å². The summed E-state index contributed by atoms with van der Waals surface area (Å²) in [6.45, 7) is 2.43. The summed E-state index contributed by atoms with van der Waals surface area (Å²) in [7, 11) is 3.05. The smallest absolute Gasteiger partial charge is 0.409 e. The van der Waals surface area contributed by atoms with Crippen molar-refractivity contribution in [2.45, 2.75) is 13.5 Å². The number of thiazole rings is 1. The van der Waals surface area contributed by atoms with Crippen molar-refractivity contribution in [3.8, 4) is 0 Å². The molecule has 1 aromatic heterocycles. The fourth-order valence-corrected chi connectivity index (χ4v) is 1.55. The summed E-state index contributed by atoms with van der Waals surface area (Å²) in [4.78, 5) is 16.7. The first kappa shape index (κ1) is 9.98. The third kappa shape index (κ3) is 2.69. The molecule has 72 valence electrons. The van der Waals surface area contributed by atoms with Gasteiger partial charge in [0, 0.05) is 12.4 Å². The highest BCUT2D eigenvalue weighted by Crippen LogP contribution is 2.09. The Bertz CT molecular complexity index is 298. The maximum absolute atomic E-state index is 11.0. The van der Waals surface area contributed by atoms with E-state index in [-0.39, 0.29) is 6.09 Å². The van der Waals surface area contributed by atoms with E-state index in [0.29, 0.717) is 6.54 Å². The zero-order chi connectivity index (χ0) is 9.84. The molecular weight excluding hydrogens is 188 g/mol. The Kier molecular flexibility index (Phi) is 3.25. The van der Waals surface area contributed by atoms with Crippen LogP contribution in [-0.2, 0) is 11.3 Å². The lowest BCUT2D eigenvalue weighted by atomic mass is 10.4. The van der Waals surface area contributed by atoms with Gasteiger partial charge in [0.15, 0.2) is 0 Å². The van der Waals surface area contributed by atoms with Crippen LogP contribution in [-0.4, -0.2) is 30.1 Å². The molecule has 1 amide bonds. The van der Waals surface area contributed by atoms with Crippen LogP contribution in [0.5, 0.6) is 0 Å². The average molecular weight is 200 g/mol. The van der Waals surface area contributed by atoms with E-state index in [2.05, 4.69) is 9.72 Å². The number of aromatic nitrogens is 1. The van der Waals surface area contributed by atoms with Crippen molar-refractivity contribution in [2.24, 2.45) is 0 Å². The number of carbonyl (C=O) groups excluding carboxylic acids is 1. The molecule has 4 nitrogen and oxygen atoms in total. The Balaban J connectivity index is 2.54. The quantitative estimate of drug-likeness (QED) is 0.729. The van der Waals surface area contributed by atoms with Crippen molar-refractivity contribution >= 4 is 17.4 Å². The fourth-order valence-electron chi connectivity index (χ4n) is 0.944. The first-order valence-corrected chi connectivity index (χ1v) is 4.71. The van der Waals surface area contributed by atoms with Crippen molar-refractivity contribution in [1.82, 2.24) is 9.88 Å². The number of methoxy groups -OCH3 is 1. The van der Waals surface area contributed by atoms with Gasteiger partial charge in [0.1, 0.15) is 0 Å². The van der Waals surface area contributed by atoms with Crippen molar-refractivity contribution in [3.63, 3.8) is 0 Å². The molecule has 0 aliphatic heterocycles. The van der Waals surface area contributed by atoms with Gasteiger partial charge in [-0.3, -0.25) is 0 Å². The van der Waals surface area contributed by atoms with Crippen LogP contribution in [0.3, 0.4) is 0 Å². The zero-order valence-corrected chi connectivity index (χ0v) is 8.72. The number of hydrogen-bond donors (Lipinski definition) is 0. The highest BCUT2D eigenvalue weighted by Gasteiger charge is 2.09. The van der Waals surface area contributed by atoms with Gasteiger partial charge in [-0.25, -0.2) is 9.78 Å². The summed E-state index contributed by atoms with van der Waals surface area (Å²) in [5.41, 5.74) is 0.899. The molecular formula is C8H12N2O2S. The Labute approximate surface area is 81.2 Å². The molecule has 0 bridgehead atoms. The van der Waals surface area contributed by atoms with E-state index in [9.17, 15) is 4.79 Å². The van der Waals surface area contributed by atoms with E-state index in [4.69, 9.17) is 0 Å². The Morgan fingerprint density at radius 2 is 2.46 bits per heavy atom. The highest BCUT2D eigenvalue weighted by atomic mass is 32.1. The van der Waals surface area contributed by atoms with E-state index in [1.165, 1.54) is 12.0 Å². The van der Waals surface area contributed by atoms with Gasteiger partial charge in [0.2, 0.25) is 0 Å². The predicted molar refractivity (Wildman–Crippen MR) is 50.7 cm³/mol. The molecule has 1 heterocycles. The highest BCUT2D eigenvalue weighted by molar-refractivity contribution is 7.09. The standard InChI is InChI=1S/C8H12N2O2S/c1-6-9-7(5-13-6)4-10(2)8(11)12-3/h5H,4H2,1-3H3. The summed E-state index contributed by atoms with van der Waals surface area (Å²) in [5, 5.41) is 2.95. The van der Waals surface area contributed by atoms with Crippen LogP contribution in [0.15, 0.2) is 5.38 Å². The number of ether oxygens (including phenoxy) is 1. The molecule has 0 saturated carbocycles. The van der Waals surface area contributed by atoms with Crippen molar-refractivity contribution in [2.75, 3.05) is 14.2 Å². The molecule has 0 atom stereocenters. The number of aryl methyl sites for hydroxylation is 1. The second-order valence-corrected chi connectivity index (χ2v) is 3.75. The first-order chi connectivity index (χ1) is 6.13. The molecule has 0 spiro atoms. The third-order valence-electron chi connectivity index (χ3n) is 1.55. The average Bonchev–Trinajstić information content (AvgIpc) is 2.49. The van der Waals surface area contributed by atoms with Crippen molar-refractivity contribution in [1.29, 1.82) is 0 Å². The maximum Gasteiger partial charge on any atom is 0.409 e. The second kappa shape index (κ2) is 4.23. The number of rotatable bonds is 2. The molecule has 0 unspecified atom stereocenters. The minimum absolute atomic E-state index is 0.342. The first-order valence-electron chi connectivity index (χ1n) is 3.83. The van der Waals surface area contributed by atoms with E-state index in [1.807, 2.05) is 12.3 Å². The van der Waals surface area contributed by atoms with E-state index in [0.717, 1.165) is 10.7 Å². The minimum Gasteiger partial charge on any atom is -0.453 e. The van der Waals surface area contributed by atoms with Gasteiger partial charge >= 0.3 is 6.09 Å². The Morgan fingerprint density at radius 1 is 1.77 bits per heavy atom. The van der Waals surface area contributed by atoms with Crippen molar-refractivity contribution < 1.29 is 9.53 Å². The molecule has 1 rings (SSSR count). The van der Waals surface area contributed by atoms with Crippen LogP contribution in [0.2, 0.25) is 0 Å². The van der Waals surface area contributed by atoms with E-state index >= 15 is 0 Å². The normalized spacial score (nSPS) is 9.77. The lowest BCUT2D eigenvalue weighted by Gasteiger charge is -2.13. The molecule has 0 saturated heterocycles. The van der Waals surface area contributed by atoms with Crippen LogP contribution < -0.4 is 0 Å². The largest absolute Gasteiger partial charge is 0.453 e. The Hall–Kier alpha value is -1.10. The van der Waals surface area contributed by atoms with Crippen LogP contribution in [0.1, 0.15) is 10.7 Å². The number of carbonyl (C=O) groups is 1. The molecule has 0 aliphatic rings. The van der Waals surface area contributed by atoms with Crippen LogP contribution in [0.4, 0.5) is 4.79 Å². The zero-order valence-electron chi connectivity index (χ0n) is 7.90. The number of hydrogen-bond acceptors (Lipinski definition) is 4. The third-order valence-corrected chi connectivity index (χ3v) is 2.37. The molecule has 0 aromatic carbocycles. The number of nitrogens with zero attached hydrogens (tertiary/aromatic N) is 2. The topological polar surface area (TPSA) is 42.4 Å². The van der Waals surface area contributed by atoms with Gasteiger partial charge in [-0.05, 0) is 6.92 Å². The monoisotopic (exact) mass is 200 g/mol. The van der Waals surface area contributed by atoms with Gasteiger partial charge < -0.3 is 9.64 Å². The Morgan fingerprint density at radius 3 is 2.92 bits per heavy atom. The van der Waals surface area contributed by atoms with Crippen LogP contribution >= 0.6 is 11.3 Å². The van der Waals surface area contributed by atoms with E-state index < -0.39 is 0 Å². The van der Waals surface area contributed by atoms with E-state index in [1.54, 1.807) is 18.4 Å². The molecule has 1 aromatic rings. The van der Waals surface area contributed by atoms with Crippen LogP contribution in [0, 0.1) is 6.92 Å². The summed E-state index contributed by atoms with van der Waals surface area (Å²) in [6, 6.07) is 0. The molecule has 0 radical (unpaired) electrons. The summed E-state index contributed by atoms with van der Waals surface area (Å²) in [6.07, 6.45) is -0.342. The summed E-state index contributed by atoms with van der Waals surface area (Å²) in [5.74, 6) is 0. The lowest BCUT2D eigenvalue weighted by molar-refractivity contribution is 0.131. The predicted octanol–water partition coefficient (Wildman–Crippen LogP) is 1.65. The maximum atomic E-state index is 11.0. The second-order valence-electron chi connectivity index (χ2n) is 2.68. The van der Waals surface area contributed by atoms with Crippen molar-refractivity contribution in [3.05, 3.63) is 16.1 Å². The molecule has 5 heteroatoms. The molecule has 0 fully saturated rings. The molecule has 13 heavy (non-hydrogen) atoms. The van der Waals surface area contributed by atoms with Gasteiger partial charge in [0.25, 0.3) is 0 Å². The lowest BCUT2D eigenvalue weighted by Crippen LogP contribution is -2.25. The van der Waals surface area contributed by atoms with Gasteiger partial charge in [-0.1, -0.05) is 0 Å². The van der Waals surface area contributed by atoms with Gasteiger partial charge in [-0.2, -0.15) is 0 Å². The van der Waals surface area contributed by atoms with Gasteiger partial charge in [-0.15, -0.1) is 11.3 Å². The summed E-state index contributed by atoms with van der Waals surface area (Å²) < 4.78 is 4.55. The number of amides is 1. The van der Waals surface area contributed by atoms with Crippen LogP contribution in [0.25, 0.3) is 0 Å². The minimum atomic E-state index is -0.342. The molecule has 0 aliphatic carbocycles. The summed E-state index contributed by atoms with van der Waals surface area (Å²) >= 11 is 1.58.